The molecule has 0 bridgehead atoms. The van der Waals surface area contributed by atoms with E-state index >= 15 is 8.78 Å². The molecule has 4 nitrogen and oxygen atoms in total. The first-order valence-electron chi connectivity index (χ1n) is 7.40. The monoisotopic (exact) mass is 288 g/mol. The van der Waals surface area contributed by atoms with E-state index in [0.717, 1.165) is 0 Å². The Balaban J connectivity index is 1.56. The summed E-state index contributed by atoms with van der Waals surface area (Å²) >= 11 is 0. The largest absolute Gasteiger partial charge is 0.386 e. The molecule has 2 aliphatic heterocycles. The van der Waals surface area contributed by atoms with Gasteiger partial charge in [-0.1, -0.05) is 0 Å². The molecular formula is C14H18F2O4. The molecule has 5 fully saturated rings. The summed E-state index contributed by atoms with van der Waals surface area (Å²) in [7, 11) is 0. The molecule has 2 heterocycles. The van der Waals surface area contributed by atoms with E-state index in [1.807, 2.05) is 0 Å². The van der Waals surface area contributed by atoms with Crippen LogP contribution >= 0.6 is 0 Å². The molecule has 0 spiro atoms. The lowest BCUT2D eigenvalue weighted by Gasteiger charge is -2.58. The van der Waals surface area contributed by atoms with Gasteiger partial charge >= 0.3 is 0 Å². The third-order valence-electron chi connectivity index (χ3n) is 6.32. The van der Waals surface area contributed by atoms with Crippen LogP contribution in [0.25, 0.3) is 0 Å². The van der Waals surface area contributed by atoms with Crippen LogP contribution < -0.4 is 0 Å². The molecule has 0 aromatic heterocycles. The minimum absolute atomic E-state index is 0.0326. The molecule has 112 valence electrons. The van der Waals surface area contributed by atoms with Crippen LogP contribution in [-0.2, 0) is 9.47 Å². The Bertz CT molecular complexity index is 420. The van der Waals surface area contributed by atoms with E-state index in [0.29, 0.717) is 0 Å². The Morgan fingerprint density at radius 2 is 1.10 bits per heavy atom. The van der Waals surface area contributed by atoms with Crippen LogP contribution in [0.15, 0.2) is 0 Å². The van der Waals surface area contributed by atoms with Gasteiger partial charge in [0.25, 0.3) is 0 Å². The second-order valence-corrected chi connectivity index (χ2v) is 7.59. The molecular weight excluding hydrogens is 270 g/mol. The van der Waals surface area contributed by atoms with Crippen molar-refractivity contribution in [2.45, 2.75) is 85.5 Å². The van der Waals surface area contributed by atoms with Crippen LogP contribution in [0.4, 0.5) is 8.78 Å². The van der Waals surface area contributed by atoms with Gasteiger partial charge in [0.05, 0.1) is 24.4 Å². The number of rotatable bonds is 0. The van der Waals surface area contributed by atoms with Crippen LogP contribution in [0.1, 0.15) is 38.5 Å². The molecule has 2 saturated heterocycles. The average molecular weight is 288 g/mol. The van der Waals surface area contributed by atoms with Crippen molar-refractivity contribution >= 4 is 0 Å². The first-order valence-corrected chi connectivity index (χ1v) is 7.40. The van der Waals surface area contributed by atoms with E-state index in [4.69, 9.17) is 9.47 Å². The highest BCUT2D eigenvalue weighted by atomic mass is 19.2. The summed E-state index contributed by atoms with van der Waals surface area (Å²) in [5.74, 6) is 0. The Hall–Kier alpha value is -0.300. The zero-order valence-corrected chi connectivity index (χ0v) is 11.0. The number of halogens is 2. The summed E-state index contributed by atoms with van der Waals surface area (Å²) in [4.78, 5) is 0. The lowest BCUT2D eigenvalue weighted by Crippen LogP contribution is -2.72. The summed E-state index contributed by atoms with van der Waals surface area (Å²) in [5, 5.41) is 21.5. The van der Waals surface area contributed by atoms with Gasteiger partial charge in [0.1, 0.15) is 22.5 Å². The molecule has 20 heavy (non-hydrogen) atoms. The van der Waals surface area contributed by atoms with E-state index in [2.05, 4.69) is 0 Å². The normalized spacial score (nSPS) is 70.2. The fourth-order valence-corrected chi connectivity index (χ4v) is 4.99. The summed E-state index contributed by atoms with van der Waals surface area (Å²) in [6.45, 7) is 0. The maximum absolute atomic E-state index is 15.3. The Morgan fingerprint density at radius 1 is 0.700 bits per heavy atom. The molecule has 3 saturated carbocycles. The van der Waals surface area contributed by atoms with E-state index in [1.54, 1.807) is 0 Å². The predicted molar refractivity (Wildman–Crippen MR) is 62.6 cm³/mol. The quantitative estimate of drug-likeness (QED) is 0.647. The lowest BCUT2D eigenvalue weighted by molar-refractivity contribution is -0.262. The Kier molecular flexibility index (Phi) is 1.88. The van der Waals surface area contributed by atoms with Crippen LogP contribution in [-0.4, -0.2) is 57.2 Å². The highest BCUT2D eigenvalue weighted by molar-refractivity contribution is 5.26. The summed E-state index contributed by atoms with van der Waals surface area (Å²) in [6.07, 6.45) is -0.981. The topological polar surface area (TPSA) is 65.5 Å². The molecule has 4 unspecified atom stereocenters. The molecule has 2 N–H and O–H groups in total. The standard InChI is InChI=1S/C14H18F2O4/c15-11-1-7-9(19-7)3-13(11,17)6-14(18)4-10-8(20-10)2-12(14,16)5-11/h7-10,17-18H,1-6H2/t7?,8?,9?,10?,11-,12+,13-,14+. The first-order chi connectivity index (χ1) is 9.26. The van der Waals surface area contributed by atoms with Crippen LogP contribution in [0.2, 0.25) is 0 Å². The van der Waals surface area contributed by atoms with Gasteiger partial charge in [-0.15, -0.1) is 0 Å². The van der Waals surface area contributed by atoms with Crippen molar-refractivity contribution in [2.24, 2.45) is 0 Å². The number of fused-ring (bicyclic) bond motifs is 4. The minimum atomic E-state index is -2.01. The minimum Gasteiger partial charge on any atom is -0.386 e. The van der Waals surface area contributed by atoms with Crippen LogP contribution in [0, 0.1) is 0 Å². The molecule has 0 aromatic carbocycles. The van der Waals surface area contributed by atoms with Crippen molar-refractivity contribution in [1.29, 1.82) is 0 Å². The Morgan fingerprint density at radius 3 is 1.55 bits per heavy atom. The third-order valence-corrected chi connectivity index (χ3v) is 6.32. The lowest BCUT2D eigenvalue weighted by atomic mass is 9.53. The summed E-state index contributed by atoms with van der Waals surface area (Å²) in [5.41, 5.74) is -7.38. The number of hydrogen-bond donors (Lipinski definition) is 2. The van der Waals surface area contributed by atoms with Crippen LogP contribution in [0.5, 0.6) is 0 Å². The van der Waals surface area contributed by atoms with Gasteiger partial charge in [0.2, 0.25) is 0 Å². The molecule has 0 amide bonds. The zero-order valence-electron chi connectivity index (χ0n) is 11.0. The number of hydrogen-bond acceptors (Lipinski definition) is 4. The maximum atomic E-state index is 15.3. The van der Waals surface area contributed by atoms with Crippen molar-refractivity contribution in [2.75, 3.05) is 0 Å². The SMILES string of the molecule is O[C@@]12CC3OC3C[C@@]1(F)C[C@@]1(F)CC3OC3C[C@]1(O)C2. The van der Waals surface area contributed by atoms with Gasteiger partial charge in [-0.25, -0.2) is 8.78 Å². The fourth-order valence-electron chi connectivity index (χ4n) is 4.99. The molecule has 6 heteroatoms. The zero-order chi connectivity index (χ0) is 14.0. The van der Waals surface area contributed by atoms with Crippen molar-refractivity contribution in [3.05, 3.63) is 0 Å². The highest BCUT2D eigenvalue weighted by Gasteiger charge is 2.76. The van der Waals surface area contributed by atoms with E-state index in [9.17, 15) is 10.2 Å². The number of alkyl halides is 2. The van der Waals surface area contributed by atoms with E-state index in [1.165, 1.54) is 0 Å². The van der Waals surface area contributed by atoms with Crippen molar-refractivity contribution < 1.29 is 28.5 Å². The van der Waals surface area contributed by atoms with Crippen molar-refractivity contribution in [3.63, 3.8) is 0 Å². The Labute approximate surface area is 115 Å². The molecule has 5 aliphatic rings. The van der Waals surface area contributed by atoms with Gasteiger partial charge in [-0.2, -0.15) is 0 Å². The van der Waals surface area contributed by atoms with Crippen LogP contribution in [0.3, 0.4) is 0 Å². The highest BCUT2D eigenvalue weighted by Crippen LogP contribution is 2.65. The smallest absolute Gasteiger partial charge is 0.145 e. The number of epoxide rings is 2. The summed E-state index contributed by atoms with van der Waals surface area (Å²) < 4.78 is 41.2. The average Bonchev–Trinajstić information content (AvgIpc) is 3.16. The van der Waals surface area contributed by atoms with Gasteiger partial charge in [-0.3, -0.25) is 0 Å². The second kappa shape index (κ2) is 3.07. The van der Waals surface area contributed by atoms with E-state index in [-0.39, 0.29) is 56.5 Å². The third kappa shape index (κ3) is 1.30. The van der Waals surface area contributed by atoms with Crippen molar-refractivity contribution in [1.82, 2.24) is 0 Å². The predicted octanol–water partition coefficient (Wildman–Crippen LogP) is 0.781. The molecule has 0 radical (unpaired) electrons. The maximum Gasteiger partial charge on any atom is 0.145 e. The molecule has 3 aliphatic carbocycles. The van der Waals surface area contributed by atoms with E-state index < -0.39 is 29.0 Å². The first kappa shape index (κ1) is 12.3. The molecule has 5 rings (SSSR count). The van der Waals surface area contributed by atoms with Crippen molar-refractivity contribution in [3.8, 4) is 0 Å². The number of aliphatic hydroxyl groups is 2. The summed E-state index contributed by atoms with van der Waals surface area (Å²) in [6, 6.07) is 0. The molecule has 0 aromatic rings. The van der Waals surface area contributed by atoms with Gasteiger partial charge in [-0.05, 0) is 0 Å². The number of ether oxygens (including phenoxy) is 2. The fraction of sp³-hybridized carbons (Fsp3) is 1.00. The second-order valence-electron chi connectivity index (χ2n) is 7.59. The van der Waals surface area contributed by atoms with Gasteiger partial charge < -0.3 is 19.7 Å². The van der Waals surface area contributed by atoms with Gasteiger partial charge in [0.15, 0.2) is 0 Å². The van der Waals surface area contributed by atoms with Gasteiger partial charge in [0, 0.05) is 38.5 Å². The molecule has 8 atom stereocenters.